The van der Waals surface area contributed by atoms with Gasteiger partial charge in [-0.3, -0.25) is 0 Å². The summed E-state index contributed by atoms with van der Waals surface area (Å²) in [6.45, 7) is 0. The maximum atomic E-state index is 12.2. The van der Waals surface area contributed by atoms with E-state index in [-0.39, 0.29) is 18.1 Å². The SMILES string of the molecule is COc1cccc(-c2ccc(C(=O)O[C@H]3C[C@@H](N=C=S)C3)cc2)c1. The molecule has 5 heteroatoms. The van der Waals surface area contributed by atoms with Gasteiger partial charge in [0.1, 0.15) is 11.9 Å². The van der Waals surface area contributed by atoms with Gasteiger partial charge < -0.3 is 9.47 Å². The number of rotatable bonds is 5. The average molecular weight is 339 g/mol. The van der Waals surface area contributed by atoms with Crippen LogP contribution in [-0.4, -0.2) is 30.4 Å². The van der Waals surface area contributed by atoms with Crippen molar-refractivity contribution in [3.63, 3.8) is 0 Å². The summed E-state index contributed by atoms with van der Waals surface area (Å²) in [7, 11) is 1.64. The van der Waals surface area contributed by atoms with Crippen molar-refractivity contribution in [1.29, 1.82) is 0 Å². The lowest BCUT2D eigenvalue weighted by molar-refractivity contribution is 0.00361. The Hall–Kier alpha value is -2.49. The van der Waals surface area contributed by atoms with Gasteiger partial charge in [-0.15, -0.1) is 0 Å². The fourth-order valence-corrected chi connectivity index (χ4v) is 2.78. The summed E-state index contributed by atoms with van der Waals surface area (Å²) in [6, 6.07) is 15.3. The highest BCUT2D eigenvalue weighted by molar-refractivity contribution is 7.78. The molecule has 1 fully saturated rings. The lowest BCUT2D eigenvalue weighted by atomic mass is 9.90. The van der Waals surface area contributed by atoms with Crippen molar-refractivity contribution in [2.75, 3.05) is 7.11 Å². The van der Waals surface area contributed by atoms with Crippen molar-refractivity contribution in [3.8, 4) is 16.9 Å². The molecule has 0 aliphatic heterocycles. The van der Waals surface area contributed by atoms with Gasteiger partial charge >= 0.3 is 5.97 Å². The third kappa shape index (κ3) is 3.70. The minimum Gasteiger partial charge on any atom is -0.497 e. The number of carbonyl (C=O) groups is 1. The van der Waals surface area contributed by atoms with Crippen LogP contribution in [0.3, 0.4) is 0 Å². The highest BCUT2D eigenvalue weighted by atomic mass is 32.1. The first-order valence-electron chi connectivity index (χ1n) is 7.72. The molecule has 4 nitrogen and oxygen atoms in total. The molecule has 0 bridgehead atoms. The summed E-state index contributed by atoms with van der Waals surface area (Å²) in [6.07, 6.45) is 1.36. The van der Waals surface area contributed by atoms with Crippen molar-refractivity contribution >= 4 is 23.3 Å². The van der Waals surface area contributed by atoms with Gasteiger partial charge in [0.05, 0.1) is 23.9 Å². The van der Waals surface area contributed by atoms with E-state index in [1.807, 2.05) is 36.4 Å². The maximum absolute atomic E-state index is 12.2. The second-order valence-corrected chi connectivity index (χ2v) is 5.86. The van der Waals surface area contributed by atoms with Crippen LogP contribution in [0.4, 0.5) is 0 Å². The Labute approximate surface area is 146 Å². The molecule has 0 amide bonds. The number of aliphatic imine (C=N–C) groups is 1. The molecular weight excluding hydrogens is 322 g/mol. The van der Waals surface area contributed by atoms with Crippen LogP contribution in [-0.2, 0) is 4.74 Å². The Morgan fingerprint density at radius 2 is 1.92 bits per heavy atom. The van der Waals surface area contributed by atoms with E-state index in [4.69, 9.17) is 9.47 Å². The number of methoxy groups -OCH3 is 1. The molecule has 1 saturated carbocycles. The fourth-order valence-electron chi connectivity index (χ4n) is 2.63. The van der Waals surface area contributed by atoms with Gasteiger partial charge in [-0.2, -0.15) is 0 Å². The minimum absolute atomic E-state index is 0.0762. The number of nitrogens with zero attached hydrogens (tertiary/aromatic N) is 1. The van der Waals surface area contributed by atoms with E-state index in [1.54, 1.807) is 19.2 Å². The molecular formula is C19H17NO3S. The quantitative estimate of drug-likeness (QED) is 0.466. The van der Waals surface area contributed by atoms with Gasteiger partial charge in [-0.05, 0) is 47.6 Å². The van der Waals surface area contributed by atoms with Crippen molar-refractivity contribution in [1.82, 2.24) is 0 Å². The highest BCUT2D eigenvalue weighted by Crippen LogP contribution is 2.28. The predicted octanol–water partition coefficient (Wildman–Crippen LogP) is 4.15. The zero-order valence-corrected chi connectivity index (χ0v) is 14.1. The van der Waals surface area contributed by atoms with Gasteiger partial charge in [-0.1, -0.05) is 24.3 Å². The first-order valence-corrected chi connectivity index (χ1v) is 8.13. The standard InChI is InChI=1S/C19H17NO3S/c1-22-17-4-2-3-15(9-17)13-5-7-14(8-6-13)19(21)23-18-10-16(11-18)20-12-24/h2-9,16,18H,10-11H2,1H3/t16-,18+. The summed E-state index contributed by atoms with van der Waals surface area (Å²) in [5.41, 5.74) is 2.60. The predicted molar refractivity (Wildman–Crippen MR) is 95.7 cm³/mol. The second-order valence-electron chi connectivity index (χ2n) is 5.68. The number of hydrogen-bond acceptors (Lipinski definition) is 5. The molecule has 3 rings (SSSR count). The smallest absolute Gasteiger partial charge is 0.338 e. The summed E-state index contributed by atoms with van der Waals surface area (Å²) in [5, 5.41) is 2.36. The lowest BCUT2D eigenvalue weighted by Gasteiger charge is -2.30. The van der Waals surface area contributed by atoms with E-state index in [9.17, 15) is 4.79 Å². The summed E-state index contributed by atoms with van der Waals surface area (Å²) in [5.74, 6) is 0.497. The van der Waals surface area contributed by atoms with Crippen molar-refractivity contribution < 1.29 is 14.3 Å². The molecule has 0 heterocycles. The molecule has 122 valence electrons. The second kappa shape index (κ2) is 7.39. The summed E-state index contributed by atoms with van der Waals surface area (Å²) in [4.78, 5) is 16.1. The molecule has 2 aromatic carbocycles. The molecule has 0 saturated heterocycles. The average Bonchev–Trinajstić information content (AvgIpc) is 2.60. The molecule has 0 radical (unpaired) electrons. The topological polar surface area (TPSA) is 47.9 Å². The van der Waals surface area contributed by atoms with Crippen LogP contribution in [0.15, 0.2) is 53.5 Å². The first-order chi connectivity index (χ1) is 11.7. The van der Waals surface area contributed by atoms with Crippen molar-refractivity contribution in [2.24, 2.45) is 4.99 Å². The molecule has 0 N–H and O–H groups in total. The first kappa shape index (κ1) is 16.4. The number of isothiocyanates is 1. The van der Waals surface area contributed by atoms with Gasteiger partial charge in [-0.25, -0.2) is 9.79 Å². The highest BCUT2D eigenvalue weighted by Gasteiger charge is 2.32. The Morgan fingerprint density at radius 1 is 1.17 bits per heavy atom. The van der Waals surface area contributed by atoms with Crippen LogP contribution >= 0.6 is 12.2 Å². The molecule has 1 aliphatic rings. The summed E-state index contributed by atoms with van der Waals surface area (Å²) >= 11 is 4.57. The van der Waals surface area contributed by atoms with Gasteiger partial charge in [0, 0.05) is 12.8 Å². The number of thiocarbonyl (C=S) groups is 1. The van der Waals surface area contributed by atoms with Crippen molar-refractivity contribution in [3.05, 3.63) is 54.1 Å². The van der Waals surface area contributed by atoms with E-state index >= 15 is 0 Å². The van der Waals surface area contributed by atoms with E-state index in [1.165, 1.54) is 0 Å². The van der Waals surface area contributed by atoms with E-state index in [0.717, 1.165) is 29.7 Å². The Balaban J connectivity index is 1.64. The van der Waals surface area contributed by atoms with Crippen LogP contribution < -0.4 is 4.74 Å². The van der Waals surface area contributed by atoms with Gasteiger partial charge in [0.2, 0.25) is 0 Å². The van der Waals surface area contributed by atoms with Crippen LogP contribution in [0, 0.1) is 0 Å². The third-order valence-electron chi connectivity index (χ3n) is 4.10. The van der Waals surface area contributed by atoms with Gasteiger partial charge in [0.25, 0.3) is 0 Å². The number of ether oxygens (including phenoxy) is 2. The minimum atomic E-state index is -0.304. The molecule has 0 spiro atoms. The Morgan fingerprint density at radius 3 is 2.58 bits per heavy atom. The van der Waals surface area contributed by atoms with Crippen LogP contribution in [0.5, 0.6) is 5.75 Å². The Kier molecular flexibility index (Phi) is 5.04. The molecule has 24 heavy (non-hydrogen) atoms. The van der Waals surface area contributed by atoms with Gasteiger partial charge in [0.15, 0.2) is 0 Å². The van der Waals surface area contributed by atoms with Crippen LogP contribution in [0.1, 0.15) is 23.2 Å². The zero-order valence-electron chi connectivity index (χ0n) is 13.3. The maximum Gasteiger partial charge on any atom is 0.338 e. The van der Waals surface area contributed by atoms with E-state index in [0.29, 0.717) is 5.56 Å². The van der Waals surface area contributed by atoms with Crippen molar-refractivity contribution in [2.45, 2.75) is 25.0 Å². The van der Waals surface area contributed by atoms with E-state index in [2.05, 4.69) is 22.4 Å². The molecule has 2 aromatic rings. The van der Waals surface area contributed by atoms with Crippen LogP contribution in [0.25, 0.3) is 11.1 Å². The largest absolute Gasteiger partial charge is 0.497 e. The normalized spacial score (nSPS) is 18.9. The zero-order chi connectivity index (χ0) is 16.9. The number of carbonyl (C=O) groups excluding carboxylic acids is 1. The summed E-state index contributed by atoms with van der Waals surface area (Å²) < 4.78 is 10.7. The Bertz CT molecular complexity index is 775. The lowest BCUT2D eigenvalue weighted by Crippen LogP contribution is -2.35. The molecule has 1 aliphatic carbocycles. The van der Waals surface area contributed by atoms with Crippen LogP contribution in [0.2, 0.25) is 0 Å². The number of esters is 1. The third-order valence-corrected chi connectivity index (χ3v) is 4.21. The van der Waals surface area contributed by atoms with E-state index < -0.39 is 0 Å². The monoisotopic (exact) mass is 339 g/mol. The fraction of sp³-hybridized carbons (Fsp3) is 0.263. The molecule has 0 atom stereocenters. The molecule has 0 unspecified atom stereocenters. The number of benzene rings is 2. The molecule has 0 aromatic heterocycles. The number of hydrogen-bond donors (Lipinski definition) is 0.